The first kappa shape index (κ1) is 21.5. The Labute approximate surface area is 158 Å². The van der Waals surface area contributed by atoms with E-state index < -0.39 is 0 Å². The number of carbonyl (C=O) groups is 1. The molecular weight excluding hydrogens is 340 g/mol. The first-order valence-corrected chi connectivity index (χ1v) is 10.2. The number of thiol groups is 2. The Morgan fingerprint density at radius 1 is 1.17 bits per heavy atom. The van der Waals surface area contributed by atoms with Gasteiger partial charge >= 0.3 is 6.03 Å². The fourth-order valence-corrected chi connectivity index (χ4v) is 3.53. The van der Waals surface area contributed by atoms with Crippen molar-refractivity contribution in [3.05, 3.63) is 0 Å². The van der Waals surface area contributed by atoms with Crippen LogP contribution in [-0.4, -0.2) is 40.8 Å². The van der Waals surface area contributed by atoms with Crippen molar-refractivity contribution in [3.63, 3.8) is 0 Å². The second-order valence-corrected chi connectivity index (χ2v) is 7.13. The molecule has 1 N–H and O–H groups in total. The third kappa shape index (κ3) is 8.51. The van der Waals surface area contributed by atoms with Crippen molar-refractivity contribution >= 4 is 38.0 Å². The SMILES string of the molecule is CCCCCCCCCCCCC(N1C=NCC1)N(S)C(=O)NS. The van der Waals surface area contributed by atoms with E-state index in [9.17, 15) is 4.79 Å². The van der Waals surface area contributed by atoms with Gasteiger partial charge in [-0.15, -0.1) is 0 Å². The van der Waals surface area contributed by atoms with Crippen LogP contribution in [0.15, 0.2) is 4.99 Å². The van der Waals surface area contributed by atoms with Crippen molar-refractivity contribution in [3.8, 4) is 0 Å². The molecule has 0 fully saturated rings. The summed E-state index contributed by atoms with van der Waals surface area (Å²) in [6.45, 7) is 3.89. The first-order chi connectivity index (χ1) is 11.7. The lowest BCUT2D eigenvalue weighted by Gasteiger charge is -2.33. The molecule has 1 unspecified atom stereocenters. The van der Waals surface area contributed by atoms with Gasteiger partial charge in [0.15, 0.2) is 0 Å². The highest BCUT2D eigenvalue weighted by Crippen LogP contribution is 2.19. The molecule has 0 bridgehead atoms. The minimum absolute atomic E-state index is 0.0548. The van der Waals surface area contributed by atoms with Crippen LogP contribution in [0.5, 0.6) is 0 Å². The molecule has 7 heteroatoms. The van der Waals surface area contributed by atoms with Gasteiger partial charge in [0.2, 0.25) is 0 Å². The van der Waals surface area contributed by atoms with E-state index in [1.165, 1.54) is 62.1 Å². The Balaban J connectivity index is 2.16. The van der Waals surface area contributed by atoms with Crippen LogP contribution in [0.2, 0.25) is 0 Å². The van der Waals surface area contributed by atoms with Gasteiger partial charge in [-0.25, -0.2) is 9.10 Å². The predicted octanol–water partition coefficient (Wildman–Crippen LogP) is 4.67. The average Bonchev–Trinajstić information content (AvgIpc) is 3.12. The van der Waals surface area contributed by atoms with Gasteiger partial charge in [0.05, 0.1) is 12.9 Å². The summed E-state index contributed by atoms with van der Waals surface area (Å²) >= 11 is 8.17. The monoisotopic (exact) mass is 374 g/mol. The molecule has 140 valence electrons. The third-order valence-electron chi connectivity index (χ3n) is 4.50. The Hall–Kier alpha value is -0.560. The van der Waals surface area contributed by atoms with Crippen LogP contribution in [0, 0.1) is 0 Å². The predicted molar refractivity (Wildman–Crippen MR) is 109 cm³/mol. The maximum absolute atomic E-state index is 11.8. The molecule has 0 radical (unpaired) electrons. The quantitative estimate of drug-likeness (QED) is 0.324. The Kier molecular flexibility index (Phi) is 12.3. The Bertz CT molecular complexity index is 368. The zero-order chi connectivity index (χ0) is 17.6. The van der Waals surface area contributed by atoms with Crippen LogP contribution in [0.3, 0.4) is 0 Å². The number of urea groups is 1. The summed E-state index contributed by atoms with van der Waals surface area (Å²) in [5.41, 5.74) is 0. The number of hydrogen-bond acceptors (Lipinski definition) is 5. The molecule has 0 saturated heterocycles. The minimum atomic E-state index is -0.293. The van der Waals surface area contributed by atoms with E-state index in [-0.39, 0.29) is 12.2 Å². The number of nitrogens with one attached hydrogen (secondary N) is 1. The molecule has 1 aliphatic rings. The minimum Gasteiger partial charge on any atom is -0.340 e. The van der Waals surface area contributed by atoms with E-state index in [1.807, 2.05) is 6.34 Å². The number of nitrogens with zero attached hydrogens (tertiary/aromatic N) is 3. The first-order valence-electron chi connectivity index (χ1n) is 9.38. The van der Waals surface area contributed by atoms with E-state index in [2.05, 4.69) is 47.2 Å². The van der Waals surface area contributed by atoms with Gasteiger partial charge in [-0.1, -0.05) is 90.3 Å². The molecule has 0 aromatic carbocycles. The van der Waals surface area contributed by atoms with Crippen LogP contribution < -0.4 is 4.72 Å². The molecule has 5 nitrogen and oxygen atoms in total. The second-order valence-electron chi connectivity index (χ2n) is 6.47. The standard InChI is InChI=1S/C17H34N4OS2/c1-2-3-4-5-6-7-8-9-10-11-12-16(20-14-13-18-15-20)21(24)17(22)19-23/h15-16,23-24H,2-14H2,1H3,(H,19,22). The van der Waals surface area contributed by atoms with Gasteiger partial charge in [0.25, 0.3) is 0 Å². The lowest BCUT2D eigenvalue weighted by atomic mass is 10.1. The van der Waals surface area contributed by atoms with Gasteiger partial charge in [-0.2, -0.15) is 0 Å². The molecule has 1 aliphatic heterocycles. The average molecular weight is 375 g/mol. The molecule has 1 rings (SSSR count). The molecule has 1 atom stereocenters. The third-order valence-corrected chi connectivity index (χ3v) is 5.14. The molecular formula is C17H34N4OS2. The van der Waals surface area contributed by atoms with Crippen LogP contribution in [0.4, 0.5) is 4.79 Å². The largest absolute Gasteiger partial charge is 0.340 e. The number of aliphatic imine (C=N–C) groups is 1. The lowest BCUT2D eigenvalue weighted by Crippen LogP contribution is -2.47. The van der Waals surface area contributed by atoms with Gasteiger partial charge in [0.1, 0.15) is 6.17 Å². The van der Waals surface area contributed by atoms with Crippen molar-refractivity contribution in [2.24, 2.45) is 4.99 Å². The number of hydrogen-bond donors (Lipinski definition) is 3. The number of rotatable bonds is 13. The van der Waals surface area contributed by atoms with Crippen LogP contribution in [0.1, 0.15) is 77.6 Å². The topological polar surface area (TPSA) is 47.9 Å². The molecule has 24 heavy (non-hydrogen) atoms. The molecule has 0 spiro atoms. The fraction of sp³-hybridized carbons (Fsp3) is 0.882. The summed E-state index contributed by atoms with van der Waals surface area (Å²) < 4.78 is 3.77. The van der Waals surface area contributed by atoms with Gasteiger partial charge in [-0.3, -0.25) is 9.71 Å². The lowest BCUT2D eigenvalue weighted by molar-refractivity contribution is 0.177. The highest BCUT2D eigenvalue weighted by Gasteiger charge is 2.26. The van der Waals surface area contributed by atoms with Crippen LogP contribution in [-0.2, 0) is 0 Å². The van der Waals surface area contributed by atoms with Crippen LogP contribution >= 0.6 is 25.6 Å². The van der Waals surface area contributed by atoms with Crippen molar-refractivity contribution < 1.29 is 4.79 Å². The summed E-state index contributed by atoms with van der Waals surface area (Å²) in [7, 11) is 0. The summed E-state index contributed by atoms with van der Waals surface area (Å²) in [5.74, 6) is 0. The molecule has 0 aliphatic carbocycles. The van der Waals surface area contributed by atoms with Gasteiger partial charge < -0.3 is 4.90 Å². The summed E-state index contributed by atoms with van der Waals surface area (Å²) in [6.07, 6.45) is 15.8. The molecule has 0 aromatic rings. The Morgan fingerprint density at radius 3 is 2.25 bits per heavy atom. The summed E-state index contributed by atoms with van der Waals surface area (Å²) in [5, 5.41) is 0. The maximum atomic E-state index is 11.8. The molecule has 0 saturated carbocycles. The number of unbranched alkanes of at least 4 members (excludes halogenated alkanes) is 9. The maximum Gasteiger partial charge on any atom is 0.338 e. The van der Waals surface area contributed by atoms with E-state index in [0.29, 0.717) is 0 Å². The van der Waals surface area contributed by atoms with Crippen LogP contribution in [0.25, 0.3) is 0 Å². The van der Waals surface area contributed by atoms with E-state index in [4.69, 9.17) is 0 Å². The fourth-order valence-electron chi connectivity index (χ4n) is 3.05. The second kappa shape index (κ2) is 13.7. The van der Waals surface area contributed by atoms with E-state index >= 15 is 0 Å². The van der Waals surface area contributed by atoms with Crippen molar-refractivity contribution in [1.29, 1.82) is 0 Å². The zero-order valence-corrected chi connectivity index (χ0v) is 16.8. The zero-order valence-electron chi connectivity index (χ0n) is 15.0. The van der Waals surface area contributed by atoms with Crippen molar-refractivity contribution in [1.82, 2.24) is 13.9 Å². The number of carbonyl (C=O) groups excluding carboxylic acids is 1. The highest BCUT2D eigenvalue weighted by atomic mass is 32.1. The van der Waals surface area contributed by atoms with E-state index in [0.717, 1.165) is 25.9 Å². The normalized spacial score (nSPS) is 14.9. The van der Waals surface area contributed by atoms with Crippen molar-refractivity contribution in [2.45, 2.75) is 83.7 Å². The summed E-state index contributed by atoms with van der Waals surface area (Å²) in [6, 6.07) is -0.293. The summed E-state index contributed by atoms with van der Waals surface area (Å²) in [4.78, 5) is 18.1. The molecule has 0 aromatic heterocycles. The smallest absolute Gasteiger partial charge is 0.338 e. The Morgan fingerprint density at radius 2 is 1.75 bits per heavy atom. The van der Waals surface area contributed by atoms with Gasteiger partial charge in [-0.05, 0) is 12.8 Å². The number of amides is 2. The van der Waals surface area contributed by atoms with Crippen molar-refractivity contribution in [2.75, 3.05) is 13.1 Å². The highest BCUT2D eigenvalue weighted by molar-refractivity contribution is 7.80. The molecule has 2 amide bonds. The van der Waals surface area contributed by atoms with Gasteiger partial charge in [0, 0.05) is 6.54 Å². The van der Waals surface area contributed by atoms with E-state index in [1.54, 1.807) is 0 Å². The molecule has 1 heterocycles.